The normalized spacial score (nSPS) is 17.2. The molecule has 3 aromatic rings. The molecule has 0 atom stereocenters. The molecule has 0 amide bonds. The van der Waals surface area contributed by atoms with Crippen LogP contribution in [0.25, 0.3) is 21.7 Å². The molecule has 1 aliphatic carbocycles. The van der Waals surface area contributed by atoms with Crippen LogP contribution in [-0.4, -0.2) is 4.98 Å². The quantitative estimate of drug-likeness (QED) is 0.660. The molecule has 0 fully saturated rings. The van der Waals surface area contributed by atoms with Crippen LogP contribution in [0.5, 0.6) is 0 Å². The largest absolute Gasteiger partial charge is 0.257 e. The summed E-state index contributed by atoms with van der Waals surface area (Å²) in [6.45, 7) is 0. The van der Waals surface area contributed by atoms with Crippen LogP contribution in [0.3, 0.4) is 0 Å². The zero-order chi connectivity index (χ0) is 16.1. The minimum absolute atomic E-state index is 0.0497. The Morgan fingerprint density at radius 2 is 2.16 bits per heavy atom. The van der Waals surface area contributed by atoms with Gasteiger partial charge in [0, 0.05) is 15.4 Å². The van der Waals surface area contributed by atoms with E-state index in [2.05, 4.69) is 23.2 Å². The van der Waals surface area contributed by atoms with E-state index < -0.39 is 0 Å². The fourth-order valence-electron chi connectivity index (χ4n) is 2.57. The molecule has 0 saturated heterocycles. The summed E-state index contributed by atoms with van der Waals surface area (Å²) >= 11 is 1.67. The average Bonchev–Trinajstić information content (AvgIpc) is 2.95. The Morgan fingerprint density at radius 1 is 1.21 bits per heavy atom. The highest BCUT2D eigenvalue weighted by molar-refractivity contribution is 7.17. The molecule has 1 nitrogen and oxygen atoms in total. The first-order valence-corrected chi connectivity index (χ1v) is 7.05. The zero-order valence-electron chi connectivity index (χ0n) is 14.2. The van der Waals surface area contributed by atoms with Crippen molar-refractivity contribution in [3.8, 4) is 0 Å². The molecule has 92 valence electrons. The maximum Gasteiger partial charge on any atom is 0.0840 e. The maximum atomic E-state index is 8.17. The van der Waals surface area contributed by atoms with Gasteiger partial charge in [0.15, 0.2) is 0 Å². The maximum absolute atomic E-state index is 8.17. The molecule has 0 unspecified atom stereocenters. The number of benzene rings is 1. The highest BCUT2D eigenvalue weighted by atomic mass is 32.1. The summed E-state index contributed by atoms with van der Waals surface area (Å²) in [5.41, 5.74) is 1.31. The highest BCUT2D eigenvalue weighted by Gasteiger charge is 2.11. The van der Waals surface area contributed by atoms with E-state index in [0.717, 1.165) is 22.9 Å². The number of aromatic nitrogens is 1. The van der Waals surface area contributed by atoms with Gasteiger partial charge in [0.1, 0.15) is 0 Å². The number of rotatable bonds is 1. The lowest BCUT2D eigenvalue weighted by Crippen LogP contribution is -2.25. The molecule has 0 aliphatic heterocycles. The first kappa shape index (κ1) is 7.61. The van der Waals surface area contributed by atoms with Crippen molar-refractivity contribution in [3.05, 3.63) is 64.0 Å². The summed E-state index contributed by atoms with van der Waals surface area (Å²) in [5.74, 6) is 0. The Morgan fingerprint density at radius 3 is 3.16 bits per heavy atom. The number of fused-ring (bicyclic) bond motifs is 3. The Bertz CT molecular complexity index is 1070. The minimum atomic E-state index is -0.279. The summed E-state index contributed by atoms with van der Waals surface area (Å²) in [6, 6.07) is 7.66. The average molecular weight is 267 g/mol. The molecule has 1 aliphatic rings. The third-order valence-corrected chi connectivity index (χ3v) is 4.65. The Kier molecular flexibility index (Phi) is 1.73. The number of pyridine rings is 1. The van der Waals surface area contributed by atoms with Crippen molar-refractivity contribution in [1.82, 2.24) is 4.98 Å². The number of thiophene rings is 1. The lowest BCUT2D eigenvalue weighted by molar-refractivity contribution is 1.07. The summed E-state index contributed by atoms with van der Waals surface area (Å²) in [4.78, 5) is 4.15. The third-order valence-electron chi connectivity index (χ3n) is 3.40. The molecular weight excluding hydrogens is 250 g/mol. The van der Waals surface area contributed by atoms with Gasteiger partial charge in [-0.25, -0.2) is 0 Å². The van der Waals surface area contributed by atoms with Crippen molar-refractivity contribution in [1.29, 1.82) is 0 Å². The molecule has 19 heavy (non-hydrogen) atoms. The van der Waals surface area contributed by atoms with E-state index in [-0.39, 0.29) is 24.3 Å². The molecular formula is C17H13NS. The molecule has 2 heterocycles. The summed E-state index contributed by atoms with van der Waals surface area (Å²) in [5, 5.41) is 2.37. The lowest BCUT2D eigenvalue weighted by Gasteiger charge is -2.07. The third kappa shape index (κ3) is 1.71. The van der Waals surface area contributed by atoms with Gasteiger partial charge >= 0.3 is 0 Å². The van der Waals surface area contributed by atoms with Crippen molar-refractivity contribution in [3.63, 3.8) is 0 Å². The summed E-state index contributed by atoms with van der Waals surface area (Å²) < 4.78 is 33.8. The monoisotopic (exact) mass is 267 g/mol. The summed E-state index contributed by atoms with van der Waals surface area (Å²) in [7, 11) is 0. The van der Waals surface area contributed by atoms with Crippen molar-refractivity contribution >= 4 is 33.1 Å². The van der Waals surface area contributed by atoms with Crippen molar-refractivity contribution in [2.24, 2.45) is 0 Å². The van der Waals surface area contributed by atoms with Crippen LogP contribution < -0.4 is 9.75 Å². The van der Waals surface area contributed by atoms with Crippen LogP contribution in [0.4, 0.5) is 0 Å². The smallest absolute Gasteiger partial charge is 0.0840 e. The van der Waals surface area contributed by atoms with E-state index >= 15 is 0 Å². The minimum Gasteiger partial charge on any atom is -0.257 e. The molecule has 1 aromatic carbocycles. The fraction of sp³-hybridized carbons (Fsp3) is 0.118. The van der Waals surface area contributed by atoms with Crippen LogP contribution >= 0.6 is 11.3 Å². The predicted octanol–water partition coefficient (Wildman–Crippen LogP) is 3.07. The van der Waals surface area contributed by atoms with E-state index in [1.165, 1.54) is 15.3 Å². The van der Waals surface area contributed by atoms with Gasteiger partial charge in [-0.2, -0.15) is 0 Å². The molecule has 0 bridgehead atoms. The molecule has 2 aromatic heterocycles. The van der Waals surface area contributed by atoms with Gasteiger partial charge in [-0.3, -0.25) is 4.98 Å². The second kappa shape index (κ2) is 4.32. The standard InChI is InChI=1S/C17H13NS/c1-2-10-16-12(6-1)13-7-5-8-14(17(13)19-16)15-9-3-4-11-18-15/h1-4,6-7,9-11H,5,8H2/i3D,4D,9D,11D. The second-order valence-corrected chi connectivity index (χ2v) is 5.56. The van der Waals surface area contributed by atoms with Gasteiger partial charge in [0.05, 0.1) is 11.2 Å². The number of nitrogens with zero attached hydrogens (tertiary/aromatic N) is 1. The molecule has 0 saturated carbocycles. The first-order valence-electron chi connectivity index (χ1n) is 8.23. The van der Waals surface area contributed by atoms with E-state index in [1.54, 1.807) is 11.3 Å². The van der Waals surface area contributed by atoms with E-state index in [4.69, 9.17) is 5.48 Å². The Labute approximate surface area is 121 Å². The van der Waals surface area contributed by atoms with Gasteiger partial charge in [0.25, 0.3) is 0 Å². The zero-order valence-corrected chi connectivity index (χ0v) is 11.0. The molecule has 0 spiro atoms. The van der Waals surface area contributed by atoms with E-state index in [1.807, 2.05) is 12.1 Å². The molecule has 4 rings (SSSR count). The van der Waals surface area contributed by atoms with Gasteiger partial charge in [-0.05, 0) is 47.2 Å². The van der Waals surface area contributed by atoms with Gasteiger partial charge < -0.3 is 0 Å². The first-order chi connectivity index (χ1) is 11.1. The van der Waals surface area contributed by atoms with Gasteiger partial charge in [-0.1, -0.05) is 30.3 Å². The van der Waals surface area contributed by atoms with Crippen molar-refractivity contribution in [2.75, 3.05) is 0 Å². The van der Waals surface area contributed by atoms with Gasteiger partial charge in [-0.15, -0.1) is 11.3 Å². The van der Waals surface area contributed by atoms with Crippen LogP contribution in [-0.2, 0) is 0 Å². The highest BCUT2D eigenvalue weighted by Crippen LogP contribution is 2.21. The Hall–Kier alpha value is -1.93. The number of hydrogen-bond acceptors (Lipinski definition) is 2. The molecule has 2 heteroatoms. The fourth-order valence-corrected chi connectivity index (χ4v) is 3.85. The van der Waals surface area contributed by atoms with E-state index in [9.17, 15) is 0 Å². The topological polar surface area (TPSA) is 12.9 Å². The predicted molar refractivity (Wildman–Crippen MR) is 81.5 cm³/mol. The van der Waals surface area contributed by atoms with Gasteiger partial charge in [0.2, 0.25) is 0 Å². The summed E-state index contributed by atoms with van der Waals surface area (Å²) in [6.07, 6.45) is 3.58. The van der Waals surface area contributed by atoms with Crippen LogP contribution in [0.15, 0.2) is 48.6 Å². The lowest BCUT2D eigenvalue weighted by atomic mass is 10.0. The van der Waals surface area contributed by atoms with Crippen LogP contribution in [0.2, 0.25) is 0 Å². The Balaban J connectivity index is 2.13. The van der Waals surface area contributed by atoms with E-state index in [0.29, 0.717) is 5.69 Å². The SMILES string of the molecule is [2H]c1nc(C2=c3sc4ccccc4c3=CCC2)c([2H])c([2H])c1[2H]. The molecule has 0 N–H and O–H groups in total. The van der Waals surface area contributed by atoms with Crippen LogP contribution in [0, 0.1) is 0 Å². The van der Waals surface area contributed by atoms with Crippen LogP contribution in [0.1, 0.15) is 24.0 Å². The number of hydrogen-bond donors (Lipinski definition) is 0. The van der Waals surface area contributed by atoms with Crippen molar-refractivity contribution < 1.29 is 5.48 Å². The second-order valence-electron chi connectivity index (χ2n) is 4.51. The molecule has 0 radical (unpaired) electrons. The van der Waals surface area contributed by atoms with Crippen molar-refractivity contribution in [2.45, 2.75) is 12.8 Å².